The number of ether oxygens (including phenoxy) is 4. The first kappa shape index (κ1) is 23.8. The van der Waals surface area contributed by atoms with Gasteiger partial charge in [-0.1, -0.05) is 17.7 Å². The van der Waals surface area contributed by atoms with E-state index < -0.39 is 52.3 Å². The lowest BCUT2D eigenvalue weighted by molar-refractivity contribution is -0.249. The monoisotopic (exact) mass is 443 g/mol. The number of esters is 2. The van der Waals surface area contributed by atoms with Crippen LogP contribution in [0.25, 0.3) is 0 Å². The van der Waals surface area contributed by atoms with Crippen LogP contribution >= 0.6 is 0 Å². The summed E-state index contributed by atoms with van der Waals surface area (Å²) in [5, 5.41) is 0. The number of carbonyl (C=O) groups excluding carboxylic acids is 3. The zero-order valence-corrected chi connectivity index (χ0v) is 17.9. The van der Waals surface area contributed by atoms with Crippen molar-refractivity contribution in [3.63, 3.8) is 0 Å². The van der Waals surface area contributed by atoms with E-state index in [0.29, 0.717) is 0 Å². The first-order valence-electron chi connectivity index (χ1n) is 9.15. The van der Waals surface area contributed by atoms with Crippen molar-refractivity contribution < 1.29 is 41.7 Å². The van der Waals surface area contributed by atoms with Crippen molar-refractivity contribution in [3.8, 4) is 0 Å². The molecule has 30 heavy (non-hydrogen) atoms. The third-order valence-electron chi connectivity index (χ3n) is 4.44. The third-order valence-corrected chi connectivity index (χ3v) is 5.80. The minimum Gasteiger partial charge on any atom is -0.463 e. The normalized spacial score (nSPS) is 24.0. The maximum absolute atomic E-state index is 12.8. The maximum atomic E-state index is 12.8. The second-order valence-electron chi connectivity index (χ2n) is 6.85. The molecule has 1 aliphatic heterocycles. The summed E-state index contributed by atoms with van der Waals surface area (Å²) in [6.45, 7) is 3.98. The fourth-order valence-electron chi connectivity index (χ4n) is 2.99. The molecule has 1 amide bonds. The summed E-state index contributed by atoms with van der Waals surface area (Å²) in [7, 11) is -2.83. The molecule has 0 saturated carbocycles. The van der Waals surface area contributed by atoms with E-state index >= 15 is 0 Å². The Morgan fingerprint density at radius 3 is 2.30 bits per heavy atom. The highest BCUT2D eigenvalue weighted by Gasteiger charge is 2.44. The number of rotatable bonds is 7. The molecular weight excluding hydrogens is 418 g/mol. The van der Waals surface area contributed by atoms with Gasteiger partial charge in [-0.2, -0.15) is 0 Å². The molecule has 0 bridgehead atoms. The lowest BCUT2D eigenvalue weighted by Gasteiger charge is -2.39. The summed E-state index contributed by atoms with van der Waals surface area (Å²) in [5.41, 5.74) is 0.864. The average Bonchev–Trinajstić information content (AvgIpc) is 2.66. The van der Waals surface area contributed by atoms with E-state index in [0.717, 1.165) is 5.56 Å². The number of benzene rings is 1. The van der Waals surface area contributed by atoms with Crippen molar-refractivity contribution in [2.45, 2.75) is 50.6 Å². The van der Waals surface area contributed by atoms with E-state index in [2.05, 4.69) is 0 Å². The van der Waals surface area contributed by atoms with Crippen LogP contribution in [0.5, 0.6) is 0 Å². The highest BCUT2D eigenvalue weighted by atomic mass is 32.2. The zero-order chi connectivity index (χ0) is 22.5. The molecule has 4 atom stereocenters. The predicted octanol–water partition coefficient (Wildman–Crippen LogP) is 0.672. The molecule has 0 spiro atoms. The van der Waals surface area contributed by atoms with E-state index in [1.165, 1.54) is 33.1 Å². The van der Waals surface area contributed by atoms with Gasteiger partial charge in [-0.25, -0.2) is 13.1 Å². The molecule has 0 radical (unpaired) electrons. The minimum absolute atomic E-state index is 0.0728. The Balaban J connectivity index is 2.19. The zero-order valence-electron chi connectivity index (χ0n) is 17.1. The third kappa shape index (κ3) is 6.25. The summed E-state index contributed by atoms with van der Waals surface area (Å²) in [4.78, 5) is 35.2. The quantitative estimate of drug-likeness (QED) is 0.603. The molecule has 0 aromatic heterocycles. The van der Waals surface area contributed by atoms with Crippen molar-refractivity contribution in [3.05, 3.63) is 29.8 Å². The van der Waals surface area contributed by atoms with Gasteiger partial charge in [-0.15, -0.1) is 0 Å². The minimum atomic E-state index is -4.12. The van der Waals surface area contributed by atoms with E-state index in [9.17, 15) is 22.8 Å². The molecular formula is C19H25NO9S. The highest BCUT2D eigenvalue weighted by Crippen LogP contribution is 2.29. The van der Waals surface area contributed by atoms with Crippen molar-refractivity contribution >= 4 is 27.9 Å². The molecule has 1 N–H and O–H groups in total. The van der Waals surface area contributed by atoms with Crippen LogP contribution in [-0.4, -0.2) is 58.5 Å². The van der Waals surface area contributed by atoms with Crippen LogP contribution in [-0.2, 0) is 43.4 Å². The van der Waals surface area contributed by atoms with Crippen molar-refractivity contribution in [2.24, 2.45) is 5.92 Å². The van der Waals surface area contributed by atoms with Gasteiger partial charge in [0.05, 0.1) is 10.8 Å². The number of carbonyl (C=O) groups is 3. The number of aryl methyl sites for hydroxylation is 1. The standard InChI is InChI=1S/C19H25NO9S/c1-11-5-7-14(8-6-11)30(24,25)20-18(23)15-9-16(28-13(3)22)17(10-27-12(2)21)29-19(15)26-4/h5-8,15-17,19H,9-10H2,1-4H3,(H,20,23). The molecule has 10 nitrogen and oxygen atoms in total. The molecule has 166 valence electrons. The number of hydrogen-bond acceptors (Lipinski definition) is 9. The van der Waals surface area contributed by atoms with Gasteiger partial charge in [0.25, 0.3) is 10.0 Å². The molecule has 1 aliphatic rings. The number of amides is 1. The van der Waals surface area contributed by atoms with Gasteiger partial charge in [-0.05, 0) is 19.1 Å². The first-order chi connectivity index (χ1) is 14.0. The molecule has 1 fully saturated rings. The summed E-state index contributed by atoms with van der Waals surface area (Å²) in [6, 6.07) is 5.98. The Morgan fingerprint density at radius 2 is 1.77 bits per heavy atom. The smallest absolute Gasteiger partial charge is 0.302 e. The largest absolute Gasteiger partial charge is 0.463 e. The van der Waals surface area contributed by atoms with Crippen LogP contribution in [0.1, 0.15) is 25.8 Å². The maximum Gasteiger partial charge on any atom is 0.302 e. The second-order valence-corrected chi connectivity index (χ2v) is 8.54. The fraction of sp³-hybridized carbons (Fsp3) is 0.526. The Kier molecular flexibility index (Phi) is 7.93. The summed E-state index contributed by atoms with van der Waals surface area (Å²) in [6.07, 6.45) is -3.03. The van der Waals surface area contributed by atoms with Crippen LogP contribution in [0.2, 0.25) is 0 Å². The van der Waals surface area contributed by atoms with Crippen LogP contribution < -0.4 is 4.72 Å². The van der Waals surface area contributed by atoms with E-state index in [4.69, 9.17) is 18.9 Å². The van der Waals surface area contributed by atoms with Gasteiger partial charge in [-0.3, -0.25) is 14.4 Å². The van der Waals surface area contributed by atoms with Crippen LogP contribution in [0.15, 0.2) is 29.2 Å². The van der Waals surface area contributed by atoms with Gasteiger partial charge in [0.1, 0.15) is 18.8 Å². The van der Waals surface area contributed by atoms with Crippen molar-refractivity contribution in [2.75, 3.05) is 13.7 Å². The summed E-state index contributed by atoms with van der Waals surface area (Å²) in [5.74, 6) is -3.14. The SMILES string of the molecule is COC1OC(COC(C)=O)C(OC(C)=O)CC1C(=O)NS(=O)(=O)c1ccc(C)cc1. The number of methoxy groups -OCH3 is 1. The van der Waals surface area contributed by atoms with Gasteiger partial charge in [0, 0.05) is 27.4 Å². The Bertz CT molecular complexity index is 882. The van der Waals surface area contributed by atoms with Crippen LogP contribution in [0.4, 0.5) is 0 Å². The fourth-order valence-corrected chi connectivity index (χ4v) is 4.01. The molecule has 1 aromatic rings. The van der Waals surface area contributed by atoms with Gasteiger partial charge < -0.3 is 18.9 Å². The summed E-state index contributed by atoms with van der Waals surface area (Å²) < 4.78 is 48.0. The lowest BCUT2D eigenvalue weighted by Crippen LogP contribution is -2.53. The van der Waals surface area contributed by atoms with Crippen LogP contribution in [0, 0.1) is 12.8 Å². The Labute approximate surface area is 174 Å². The van der Waals surface area contributed by atoms with E-state index in [-0.39, 0.29) is 17.9 Å². The second kappa shape index (κ2) is 10.0. The number of nitrogens with one attached hydrogen (secondary N) is 1. The van der Waals surface area contributed by atoms with E-state index in [1.54, 1.807) is 19.1 Å². The van der Waals surface area contributed by atoms with Crippen molar-refractivity contribution in [1.29, 1.82) is 0 Å². The molecule has 1 aromatic carbocycles. The molecule has 0 aliphatic carbocycles. The van der Waals surface area contributed by atoms with Gasteiger partial charge in [0.2, 0.25) is 5.91 Å². The average molecular weight is 443 g/mol. The van der Waals surface area contributed by atoms with Crippen LogP contribution in [0.3, 0.4) is 0 Å². The number of hydrogen-bond donors (Lipinski definition) is 1. The lowest BCUT2D eigenvalue weighted by atomic mass is 9.93. The molecule has 1 heterocycles. The Hall–Kier alpha value is -2.50. The Morgan fingerprint density at radius 1 is 1.13 bits per heavy atom. The number of sulfonamides is 1. The first-order valence-corrected chi connectivity index (χ1v) is 10.6. The van der Waals surface area contributed by atoms with E-state index in [1.807, 2.05) is 4.72 Å². The molecule has 4 unspecified atom stereocenters. The van der Waals surface area contributed by atoms with Gasteiger partial charge >= 0.3 is 11.9 Å². The van der Waals surface area contributed by atoms with Crippen molar-refractivity contribution in [1.82, 2.24) is 4.72 Å². The summed E-state index contributed by atoms with van der Waals surface area (Å²) >= 11 is 0. The molecule has 2 rings (SSSR count). The predicted molar refractivity (Wildman–Crippen MR) is 102 cm³/mol. The molecule has 11 heteroatoms. The topological polar surface area (TPSA) is 134 Å². The molecule has 1 saturated heterocycles. The van der Waals surface area contributed by atoms with Gasteiger partial charge in [0.15, 0.2) is 6.29 Å². The highest BCUT2D eigenvalue weighted by molar-refractivity contribution is 7.90.